The highest BCUT2D eigenvalue weighted by molar-refractivity contribution is 5.75. The van der Waals surface area contributed by atoms with Crippen LogP contribution in [0, 0.1) is 6.92 Å². The van der Waals surface area contributed by atoms with Gasteiger partial charge in [0, 0.05) is 5.56 Å². The monoisotopic (exact) mass is 266 g/mol. The number of aldehydes is 1. The van der Waals surface area contributed by atoms with E-state index < -0.39 is 0 Å². The second kappa shape index (κ2) is 6.71. The first-order valence-electron chi connectivity index (χ1n) is 6.59. The van der Waals surface area contributed by atoms with Crippen molar-refractivity contribution in [1.82, 2.24) is 0 Å². The maximum absolute atomic E-state index is 10.6. The van der Waals surface area contributed by atoms with Crippen molar-refractivity contribution in [2.24, 2.45) is 0 Å². The second-order valence-electron chi connectivity index (χ2n) is 4.88. The lowest BCUT2D eigenvalue weighted by molar-refractivity contribution is 0.112. The molecule has 0 atom stereocenters. The van der Waals surface area contributed by atoms with E-state index in [-0.39, 0.29) is 0 Å². The predicted molar refractivity (Wildman–Crippen MR) is 82.2 cm³/mol. The zero-order valence-electron chi connectivity index (χ0n) is 11.8. The summed E-state index contributed by atoms with van der Waals surface area (Å²) in [4.78, 5) is 10.6. The third-order valence-corrected chi connectivity index (χ3v) is 2.97. The number of benzene rings is 2. The minimum atomic E-state index is 0.554. The standard InChI is InChI=1S/C18H18O2/c1-14-3-9-18(10-4-14)20-13-15(2)11-16-5-7-17(12-19)8-6-16/h3-12H,13H2,1-2H3/b15-11+. The fourth-order valence-electron chi connectivity index (χ4n) is 1.83. The Morgan fingerprint density at radius 1 is 1.00 bits per heavy atom. The summed E-state index contributed by atoms with van der Waals surface area (Å²) in [5, 5.41) is 0. The summed E-state index contributed by atoms with van der Waals surface area (Å²) in [5.41, 5.74) is 4.11. The molecule has 0 unspecified atom stereocenters. The number of hydrogen-bond acceptors (Lipinski definition) is 2. The van der Waals surface area contributed by atoms with E-state index in [0.29, 0.717) is 12.2 Å². The molecule has 0 fully saturated rings. The van der Waals surface area contributed by atoms with Gasteiger partial charge in [-0.25, -0.2) is 0 Å². The molecule has 0 aliphatic carbocycles. The van der Waals surface area contributed by atoms with Crippen LogP contribution in [0.1, 0.15) is 28.4 Å². The number of ether oxygens (including phenoxy) is 1. The lowest BCUT2D eigenvalue weighted by Gasteiger charge is -2.07. The summed E-state index contributed by atoms with van der Waals surface area (Å²) in [6.07, 6.45) is 2.91. The van der Waals surface area contributed by atoms with Crippen LogP contribution in [0.5, 0.6) is 5.75 Å². The predicted octanol–water partition coefficient (Wildman–Crippen LogP) is 4.29. The van der Waals surface area contributed by atoms with Crippen LogP contribution in [0.25, 0.3) is 6.08 Å². The Labute approximate surface area is 119 Å². The van der Waals surface area contributed by atoms with E-state index in [4.69, 9.17) is 4.74 Å². The fourth-order valence-corrected chi connectivity index (χ4v) is 1.83. The van der Waals surface area contributed by atoms with Crippen molar-refractivity contribution in [3.05, 3.63) is 70.8 Å². The highest BCUT2D eigenvalue weighted by Crippen LogP contribution is 2.14. The third kappa shape index (κ3) is 4.09. The fraction of sp³-hybridized carbons (Fsp3) is 0.167. The molecule has 102 valence electrons. The van der Waals surface area contributed by atoms with E-state index in [1.54, 1.807) is 0 Å². The molecule has 0 amide bonds. The first kappa shape index (κ1) is 14.1. The molecule has 0 spiro atoms. The van der Waals surface area contributed by atoms with Gasteiger partial charge in [0.2, 0.25) is 0 Å². The second-order valence-corrected chi connectivity index (χ2v) is 4.88. The highest BCUT2D eigenvalue weighted by Gasteiger charge is 1.96. The van der Waals surface area contributed by atoms with Gasteiger partial charge in [-0.2, -0.15) is 0 Å². The van der Waals surface area contributed by atoms with Gasteiger partial charge in [0.25, 0.3) is 0 Å². The summed E-state index contributed by atoms with van der Waals surface area (Å²) in [6.45, 7) is 4.64. The Morgan fingerprint density at radius 2 is 1.60 bits per heavy atom. The van der Waals surface area contributed by atoms with E-state index >= 15 is 0 Å². The van der Waals surface area contributed by atoms with E-state index in [0.717, 1.165) is 23.2 Å². The molecular weight excluding hydrogens is 248 g/mol. The van der Waals surface area contributed by atoms with Crippen molar-refractivity contribution in [1.29, 1.82) is 0 Å². The van der Waals surface area contributed by atoms with Crippen molar-refractivity contribution < 1.29 is 9.53 Å². The molecule has 2 heteroatoms. The minimum absolute atomic E-state index is 0.554. The smallest absolute Gasteiger partial charge is 0.150 e. The largest absolute Gasteiger partial charge is 0.489 e. The van der Waals surface area contributed by atoms with Crippen LogP contribution in [-0.4, -0.2) is 12.9 Å². The van der Waals surface area contributed by atoms with Gasteiger partial charge in [-0.1, -0.05) is 48.0 Å². The molecule has 0 saturated carbocycles. The number of hydrogen-bond donors (Lipinski definition) is 0. The third-order valence-electron chi connectivity index (χ3n) is 2.97. The summed E-state index contributed by atoms with van der Waals surface area (Å²) >= 11 is 0. The number of carbonyl (C=O) groups is 1. The van der Waals surface area contributed by atoms with Crippen LogP contribution >= 0.6 is 0 Å². The summed E-state index contributed by atoms with van der Waals surface area (Å²) < 4.78 is 5.72. The number of rotatable bonds is 5. The molecule has 0 bridgehead atoms. The molecule has 2 rings (SSSR count). The van der Waals surface area contributed by atoms with Gasteiger partial charge >= 0.3 is 0 Å². The van der Waals surface area contributed by atoms with Crippen molar-refractivity contribution in [3.8, 4) is 5.75 Å². The first-order chi connectivity index (χ1) is 9.67. The van der Waals surface area contributed by atoms with Crippen LogP contribution in [0.3, 0.4) is 0 Å². The van der Waals surface area contributed by atoms with Gasteiger partial charge < -0.3 is 4.74 Å². The Bertz CT molecular complexity index is 592. The average Bonchev–Trinajstić information content (AvgIpc) is 2.47. The van der Waals surface area contributed by atoms with Gasteiger partial charge in [0.15, 0.2) is 0 Å². The Kier molecular flexibility index (Phi) is 4.72. The molecule has 2 nitrogen and oxygen atoms in total. The van der Waals surface area contributed by atoms with Gasteiger partial charge in [-0.3, -0.25) is 4.79 Å². The van der Waals surface area contributed by atoms with Crippen LogP contribution in [0.2, 0.25) is 0 Å². The Morgan fingerprint density at radius 3 is 2.20 bits per heavy atom. The minimum Gasteiger partial charge on any atom is -0.489 e. The molecule has 0 N–H and O–H groups in total. The van der Waals surface area contributed by atoms with E-state index in [2.05, 4.69) is 13.0 Å². The topological polar surface area (TPSA) is 26.3 Å². The zero-order valence-corrected chi connectivity index (χ0v) is 11.8. The molecule has 0 saturated heterocycles. The summed E-state index contributed by atoms with van der Waals surface area (Å²) in [7, 11) is 0. The van der Waals surface area contributed by atoms with Crippen molar-refractivity contribution in [3.63, 3.8) is 0 Å². The lowest BCUT2D eigenvalue weighted by Crippen LogP contribution is -1.98. The van der Waals surface area contributed by atoms with E-state index in [9.17, 15) is 4.79 Å². The molecule has 20 heavy (non-hydrogen) atoms. The molecule has 0 aliphatic heterocycles. The van der Waals surface area contributed by atoms with Crippen LogP contribution in [-0.2, 0) is 0 Å². The summed E-state index contributed by atoms with van der Waals surface area (Å²) in [5.74, 6) is 0.875. The maximum atomic E-state index is 10.6. The van der Waals surface area contributed by atoms with Crippen LogP contribution < -0.4 is 4.74 Å². The van der Waals surface area contributed by atoms with E-state index in [1.807, 2.05) is 55.5 Å². The molecule has 2 aromatic rings. The first-order valence-corrected chi connectivity index (χ1v) is 6.59. The van der Waals surface area contributed by atoms with Crippen molar-refractivity contribution >= 4 is 12.4 Å². The van der Waals surface area contributed by atoms with Crippen LogP contribution in [0.4, 0.5) is 0 Å². The quantitative estimate of drug-likeness (QED) is 0.755. The lowest BCUT2D eigenvalue weighted by atomic mass is 10.1. The number of carbonyl (C=O) groups excluding carboxylic acids is 1. The molecule has 0 aliphatic rings. The Balaban J connectivity index is 1.96. The normalized spacial score (nSPS) is 11.2. The van der Waals surface area contributed by atoms with Crippen molar-refractivity contribution in [2.75, 3.05) is 6.61 Å². The summed E-state index contributed by atoms with van der Waals surface area (Å²) in [6, 6.07) is 15.5. The van der Waals surface area contributed by atoms with Crippen molar-refractivity contribution in [2.45, 2.75) is 13.8 Å². The average molecular weight is 266 g/mol. The van der Waals surface area contributed by atoms with Crippen LogP contribution in [0.15, 0.2) is 54.1 Å². The van der Waals surface area contributed by atoms with Gasteiger partial charge in [0.1, 0.15) is 18.6 Å². The maximum Gasteiger partial charge on any atom is 0.150 e. The molecular formula is C18H18O2. The number of aryl methyl sites for hydroxylation is 1. The van der Waals surface area contributed by atoms with Gasteiger partial charge in [-0.05, 0) is 37.1 Å². The molecule has 2 aromatic carbocycles. The zero-order chi connectivity index (χ0) is 14.4. The Hall–Kier alpha value is -2.35. The van der Waals surface area contributed by atoms with Gasteiger partial charge in [-0.15, -0.1) is 0 Å². The molecule has 0 heterocycles. The molecule has 0 aromatic heterocycles. The highest BCUT2D eigenvalue weighted by atomic mass is 16.5. The molecule has 0 radical (unpaired) electrons. The van der Waals surface area contributed by atoms with E-state index in [1.165, 1.54) is 5.56 Å². The SMILES string of the molecule is C/C(=C\c1ccc(C=O)cc1)COc1ccc(C)cc1. The van der Waals surface area contributed by atoms with Gasteiger partial charge in [0.05, 0.1) is 0 Å².